The second-order valence-electron chi connectivity index (χ2n) is 4.65. The van der Waals surface area contributed by atoms with Gasteiger partial charge in [-0.2, -0.15) is 0 Å². The van der Waals surface area contributed by atoms with Crippen LogP contribution in [0, 0.1) is 0 Å². The maximum atomic E-state index is 3.57. The number of aromatic nitrogens is 1. The fourth-order valence-electron chi connectivity index (χ4n) is 2.73. The second kappa shape index (κ2) is 3.73. The first kappa shape index (κ1) is 9.02. The van der Waals surface area contributed by atoms with Gasteiger partial charge in [0.1, 0.15) is 0 Å². The number of benzene rings is 1. The molecule has 1 heteroatoms. The number of para-hydroxylation sites is 1. The Balaban J connectivity index is 1.96. The molecule has 2 aromatic rings. The van der Waals surface area contributed by atoms with Crippen molar-refractivity contribution in [3.05, 3.63) is 36.0 Å². The molecular weight excluding hydrogens is 182 g/mol. The van der Waals surface area contributed by atoms with Crippen molar-refractivity contribution in [1.82, 2.24) is 4.98 Å². The van der Waals surface area contributed by atoms with E-state index < -0.39 is 0 Å². The number of hydrogen-bond donors (Lipinski definition) is 1. The van der Waals surface area contributed by atoms with E-state index in [9.17, 15) is 0 Å². The zero-order valence-corrected chi connectivity index (χ0v) is 9.00. The molecule has 3 rings (SSSR count). The Morgan fingerprint density at radius 1 is 1.00 bits per heavy atom. The maximum absolute atomic E-state index is 3.57. The van der Waals surface area contributed by atoms with Gasteiger partial charge in [0.25, 0.3) is 0 Å². The summed E-state index contributed by atoms with van der Waals surface area (Å²) < 4.78 is 0. The highest BCUT2D eigenvalue weighted by atomic mass is 14.7. The van der Waals surface area contributed by atoms with E-state index in [-0.39, 0.29) is 0 Å². The molecule has 1 aliphatic rings. The molecule has 0 radical (unpaired) electrons. The molecule has 1 heterocycles. The molecule has 1 nitrogen and oxygen atoms in total. The molecule has 1 saturated carbocycles. The molecule has 1 fully saturated rings. The summed E-state index contributed by atoms with van der Waals surface area (Å²) in [4.78, 5) is 3.57. The van der Waals surface area contributed by atoms with Crippen molar-refractivity contribution in [2.45, 2.75) is 38.0 Å². The summed E-state index contributed by atoms with van der Waals surface area (Å²) in [7, 11) is 0. The SMILES string of the molecule is c1ccc2[nH]c(C3CCCCC3)cc2c1. The van der Waals surface area contributed by atoms with Gasteiger partial charge >= 0.3 is 0 Å². The highest BCUT2D eigenvalue weighted by molar-refractivity contribution is 5.80. The predicted octanol–water partition coefficient (Wildman–Crippen LogP) is 4.22. The van der Waals surface area contributed by atoms with Gasteiger partial charge in [0.05, 0.1) is 0 Å². The third-order valence-electron chi connectivity index (χ3n) is 3.60. The number of hydrogen-bond acceptors (Lipinski definition) is 0. The van der Waals surface area contributed by atoms with Crippen LogP contribution in [0.4, 0.5) is 0 Å². The zero-order chi connectivity index (χ0) is 10.1. The lowest BCUT2D eigenvalue weighted by molar-refractivity contribution is 0.438. The van der Waals surface area contributed by atoms with Crippen molar-refractivity contribution in [1.29, 1.82) is 0 Å². The summed E-state index contributed by atoms with van der Waals surface area (Å²) in [6, 6.07) is 10.9. The number of rotatable bonds is 1. The fraction of sp³-hybridized carbons (Fsp3) is 0.429. The smallest absolute Gasteiger partial charge is 0.0456 e. The van der Waals surface area contributed by atoms with Gasteiger partial charge in [-0.1, -0.05) is 37.5 Å². The predicted molar refractivity (Wildman–Crippen MR) is 64.1 cm³/mol. The van der Waals surface area contributed by atoms with Crippen LogP contribution in [-0.2, 0) is 0 Å². The summed E-state index contributed by atoms with van der Waals surface area (Å²) >= 11 is 0. The van der Waals surface area contributed by atoms with Crippen molar-refractivity contribution in [3.63, 3.8) is 0 Å². The number of fused-ring (bicyclic) bond motifs is 1. The van der Waals surface area contributed by atoms with Crippen molar-refractivity contribution < 1.29 is 0 Å². The Hall–Kier alpha value is -1.24. The summed E-state index contributed by atoms with van der Waals surface area (Å²) in [5.74, 6) is 0.783. The van der Waals surface area contributed by atoms with Gasteiger partial charge in [-0.3, -0.25) is 0 Å². The normalized spacial score (nSPS) is 18.4. The van der Waals surface area contributed by atoms with Crippen LogP contribution < -0.4 is 0 Å². The highest BCUT2D eigenvalue weighted by Crippen LogP contribution is 2.33. The fourth-order valence-corrected chi connectivity index (χ4v) is 2.73. The summed E-state index contributed by atoms with van der Waals surface area (Å²) in [6.45, 7) is 0. The average molecular weight is 199 g/mol. The maximum Gasteiger partial charge on any atom is 0.0456 e. The molecule has 0 aliphatic heterocycles. The minimum atomic E-state index is 0.783. The lowest BCUT2D eigenvalue weighted by Crippen LogP contribution is -2.04. The Bertz CT molecular complexity index is 416. The second-order valence-corrected chi connectivity index (χ2v) is 4.65. The van der Waals surface area contributed by atoms with Crippen LogP contribution in [0.1, 0.15) is 43.7 Å². The van der Waals surface area contributed by atoms with E-state index in [0.29, 0.717) is 0 Å². The first-order chi connectivity index (χ1) is 7.43. The average Bonchev–Trinajstić information content (AvgIpc) is 2.74. The quantitative estimate of drug-likeness (QED) is 0.708. The van der Waals surface area contributed by atoms with Crippen molar-refractivity contribution >= 4 is 10.9 Å². The van der Waals surface area contributed by atoms with Crippen LogP contribution in [0.25, 0.3) is 10.9 Å². The molecule has 1 aromatic heterocycles. The van der Waals surface area contributed by atoms with Crippen LogP contribution in [0.3, 0.4) is 0 Å². The number of nitrogens with one attached hydrogen (secondary N) is 1. The number of aromatic amines is 1. The van der Waals surface area contributed by atoms with Gasteiger partial charge in [0.15, 0.2) is 0 Å². The molecule has 0 spiro atoms. The third kappa shape index (κ3) is 1.67. The van der Waals surface area contributed by atoms with E-state index in [1.54, 1.807) is 0 Å². The molecule has 0 unspecified atom stereocenters. The lowest BCUT2D eigenvalue weighted by atomic mass is 9.87. The minimum Gasteiger partial charge on any atom is -0.358 e. The molecule has 0 bridgehead atoms. The van der Waals surface area contributed by atoms with E-state index in [4.69, 9.17) is 0 Å². The van der Waals surface area contributed by atoms with Crippen LogP contribution in [-0.4, -0.2) is 4.98 Å². The van der Waals surface area contributed by atoms with E-state index in [1.807, 2.05) is 0 Å². The Labute approximate surface area is 90.5 Å². The van der Waals surface area contributed by atoms with Gasteiger partial charge in [-0.25, -0.2) is 0 Å². The highest BCUT2D eigenvalue weighted by Gasteiger charge is 2.16. The van der Waals surface area contributed by atoms with Crippen molar-refractivity contribution in [3.8, 4) is 0 Å². The van der Waals surface area contributed by atoms with E-state index in [0.717, 1.165) is 5.92 Å². The third-order valence-corrected chi connectivity index (χ3v) is 3.60. The monoisotopic (exact) mass is 199 g/mol. The van der Waals surface area contributed by atoms with E-state index >= 15 is 0 Å². The van der Waals surface area contributed by atoms with E-state index in [1.165, 1.54) is 48.7 Å². The van der Waals surface area contributed by atoms with Crippen molar-refractivity contribution in [2.75, 3.05) is 0 Å². The zero-order valence-electron chi connectivity index (χ0n) is 9.00. The van der Waals surface area contributed by atoms with E-state index in [2.05, 4.69) is 35.3 Å². The minimum absolute atomic E-state index is 0.783. The Morgan fingerprint density at radius 3 is 2.60 bits per heavy atom. The summed E-state index contributed by atoms with van der Waals surface area (Å²) in [6.07, 6.45) is 6.97. The first-order valence-corrected chi connectivity index (χ1v) is 6.01. The number of H-pyrrole nitrogens is 1. The van der Waals surface area contributed by atoms with Gasteiger partial charge in [0.2, 0.25) is 0 Å². The standard InChI is InChI=1S/C14H17N/c1-2-6-11(7-3-1)14-10-12-8-4-5-9-13(12)15-14/h4-5,8-11,15H,1-3,6-7H2. The molecular formula is C14H17N. The van der Waals surface area contributed by atoms with Gasteiger partial charge in [-0.15, -0.1) is 0 Å². The van der Waals surface area contributed by atoms with Crippen LogP contribution in [0.5, 0.6) is 0 Å². The van der Waals surface area contributed by atoms with Gasteiger partial charge in [0, 0.05) is 11.2 Å². The summed E-state index contributed by atoms with van der Waals surface area (Å²) in [5.41, 5.74) is 2.74. The van der Waals surface area contributed by atoms with Crippen LogP contribution in [0.2, 0.25) is 0 Å². The molecule has 0 amide bonds. The molecule has 15 heavy (non-hydrogen) atoms. The molecule has 0 atom stereocenters. The summed E-state index contributed by atoms with van der Waals surface area (Å²) in [5, 5.41) is 1.36. The lowest BCUT2D eigenvalue weighted by Gasteiger charge is -2.20. The topological polar surface area (TPSA) is 15.8 Å². The van der Waals surface area contributed by atoms with Gasteiger partial charge < -0.3 is 4.98 Å². The molecule has 0 saturated heterocycles. The Morgan fingerprint density at radius 2 is 1.80 bits per heavy atom. The molecule has 78 valence electrons. The largest absolute Gasteiger partial charge is 0.358 e. The van der Waals surface area contributed by atoms with Crippen molar-refractivity contribution in [2.24, 2.45) is 0 Å². The van der Waals surface area contributed by atoms with Crippen LogP contribution in [0.15, 0.2) is 30.3 Å². The van der Waals surface area contributed by atoms with Gasteiger partial charge in [-0.05, 0) is 36.3 Å². The molecule has 1 N–H and O–H groups in total. The Kier molecular flexibility index (Phi) is 2.24. The molecule has 1 aliphatic carbocycles. The first-order valence-electron chi connectivity index (χ1n) is 6.01. The van der Waals surface area contributed by atoms with Crippen LogP contribution >= 0.6 is 0 Å². The molecule has 1 aromatic carbocycles.